The van der Waals surface area contributed by atoms with Crippen LogP contribution in [0.15, 0.2) is 22.7 Å². The predicted molar refractivity (Wildman–Crippen MR) is 206 cm³/mol. The molecule has 1 unspecified atom stereocenters. The van der Waals surface area contributed by atoms with Gasteiger partial charge in [0.25, 0.3) is 0 Å². The molecule has 0 amide bonds. The van der Waals surface area contributed by atoms with Crippen LogP contribution < -0.4 is 4.74 Å². The number of hydrogen-bond acceptors (Lipinski definition) is 13. The van der Waals surface area contributed by atoms with Gasteiger partial charge >= 0.3 is 29.8 Å². The fourth-order valence-corrected chi connectivity index (χ4v) is 5.19. The lowest BCUT2D eigenvalue weighted by atomic mass is 9.93. The Morgan fingerprint density at radius 1 is 0.709 bits per heavy atom. The van der Waals surface area contributed by atoms with Gasteiger partial charge in [-0.2, -0.15) is 0 Å². The lowest BCUT2D eigenvalue weighted by Crippen LogP contribution is -2.65. The Hall–Kier alpha value is -3.72. The highest BCUT2D eigenvalue weighted by molar-refractivity contribution is 9.10. The molecule has 1 aliphatic rings. The minimum absolute atomic E-state index is 0.0468. The minimum Gasteiger partial charge on any atom is -0.463 e. The maximum Gasteiger partial charge on any atom is 0.311 e. The average Bonchev–Trinajstić information content (AvgIpc) is 3.52. The summed E-state index contributed by atoms with van der Waals surface area (Å²) >= 11 is 3.55. The van der Waals surface area contributed by atoms with Gasteiger partial charge in [-0.15, -0.1) is 5.10 Å². The summed E-state index contributed by atoms with van der Waals surface area (Å²) in [6.45, 7) is 14.8. The number of hydrogen-bond donors (Lipinski definition) is 0. The van der Waals surface area contributed by atoms with Gasteiger partial charge in [0.05, 0.1) is 44.5 Å². The van der Waals surface area contributed by atoms with Gasteiger partial charge in [-0.05, 0) is 132 Å². The van der Waals surface area contributed by atoms with E-state index in [0.29, 0.717) is 15.4 Å². The largest absolute Gasteiger partial charge is 0.463 e. The molecular weight excluding hydrogens is 780 g/mol. The van der Waals surface area contributed by atoms with Gasteiger partial charge in [-0.1, -0.05) is 6.07 Å². The molecular formula is C40H59BrN2O12. The predicted octanol–water partition coefficient (Wildman–Crippen LogP) is 6.95. The molecule has 0 saturated carbocycles. The van der Waals surface area contributed by atoms with Crippen molar-refractivity contribution < 1.29 is 62.6 Å². The Labute approximate surface area is 338 Å². The second-order valence-electron chi connectivity index (χ2n) is 17.5. The highest BCUT2D eigenvalue weighted by Gasteiger charge is 2.56. The van der Waals surface area contributed by atoms with Crippen molar-refractivity contribution in [3.63, 3.8) is 0 Å². The summed E-state index contributed by atoms with van der Waals surface area (Å²) in [5, 5.41) is 5.07. The van der Waals surface area contributed by atoms with Crippen LogP contribution in [0.5, 0.6) is 5.88 Å². The SMILES string of the molecule is [2H]CC(C)(C)C(=O)OC[C@H]1OC(Oc2nn(CCOC(=O)C(C)(C)C)c3cccc(Br)c23)[C@H](OC(=O)C(C)(C)C[2H])[C@@H](OC(=O)C(C)(C)C[2H])[C@@H]1OC(=O)C(C)(C)C[2H]. The first-order valence-corrected chi connectivity index (χ1v) is 18.6. The quantitative estimate of drug-likeness (QED) is 0.178. The molecule has 2 heterocycles. The lowest BCUT2D eigenvalue weighted by molar-refractivity contribution is -0.294. The fourth-order valence-electron chi connectivity index (χ4n) is 4.67. The maximum atomic E-state index is 13.8. The normalized spacial score (nSPS) is 22.0. The van der Waals surface area contributed by atoms with Crippen molar-refractivity contribution in [1.29, 1.82) is 0 Å². The third-order valence-corrected chi connectivity index (χ3v) is 8.64. The molecule has 0 N–H and O–H groups in total. The third kappa shape index (κ3) is 11.9. The van der Waals surface area contributed by atoms with Crippen LogP contribution in [0.3, 0.4) is 0 Å². The van der Waals surface area contributed by atoms with E-state index in [1.165, 1.54) is 60.1 Å². The maximum absolute atomic E-state index is 13.8. The summed E-state index contributed by atoms with van der Waals surface area (Å²) in [4.78, 5) is 67.1. The fraction of sp³-hybridized carbons (Fsp3) is 0.700. The third-order valence-electron chi connectivity index (χ3n) is 7.98. The number of ether oxygens (including phenoxy) is 7. The van der Waals surface area contributed by atoms with Gasteiger partial charge in [0, 0.05) is 9.96 Å². The van der Waals surface area contributed by atoms with E-state index in [1.54, 1.807) is 39.0 Å². The molecule has 1 aromatic carbocycles. The van der Waals surface area contributed by atoms with Gasteiger partial charge in [-0.25, -0.2) is 0 Å². The summed E-state index contributed by atoms with van der Waals surface area (Å²) in [6, 6.07) is 5.23. The van der Waals surface area contributed by atoms with Gasteiger partial charge in [0.15, 0.2) is 12.2 Å². The Morgan fingerprint density at radius 3 is 1.73 bits per heavy atom. The van der Waals surface area contributed by atoms with Gasteiger partial charge in [-0.3, -0.25) is 28.7 Å². The first-order valence-electron chi connectivity index (χ1n) is 20.6. The number of benzene rings is 1. The van der Waals surface area contributed by atoms with Crippen molar-refractivity contribution in [3.05, 3.63) is 22.7 Å². The van der Waals surface area contributed by atoms with E-state index in [2.05, 4.69) is 21.0 Å². The number of carbonyl (C=O) groups excluding carboxylic acids is 5. The zero-order chi connectivity index (χ0) is 44.9. The van der Waals surface area contributed by atoms with E-state index in [0.717, 1.165) is 0 Å². The monoisotopic (exact) mass is 842 g/mol. The smallest absolute Gasteiger partial charge is 0.311 e. The van der Waals surface area contributed by atoms with Crippen LogP contribution in [0.1, 0.15) is 109 Å². The van der Waals surface area contributed by atoms with Gasteiger partial charge in [0.1, 0.15) is 19.3 Å². The van der Waals surface area contributed by atoms with Crippen LogP contribution in [0, 0.1) is 27.1 Å². The van der Waals surface area contributed by atoms with Crippen molar-refractivity contribution in [2.45, 2.75) is 141 Å². The molecule has 2 aromatic rings. The zero-order valence-electron chi connectivity index (χ0n) is 37.7. The molecule has 1 aliphatic heterocycles. The first kappa shape index (κ1) is 39.5. The topological polar surface area (TPSA) is 168 Å². The summed E-state index contributed by atoms with van der Waals surface area (Å²) in [6.07, 6.45) is -8.38. The van der Waals surface area contributed by atoms with Crippen LogP contribution in [0.25, 0.3) is 10.9 Å². The molecule has 0 bridgehead atoms. The zero-order valence-corrected chi connectivity index (χ0v) is 35.3. The Balaban J connectivity index is 2.28. The molecule has 0 aliphatic carbocycles. The molecule has 5 atom stereocenters. The van der Waals surface area contributed by atoms with E-state index in [-0.39, 0.29) is 25.9 Å². The number of halogens is 1. The molecule has 3 rings (SSSR count). The van der Waals surface area contributed by atoms with Crippen LogP contribution >= 0.6 is 15.9 Å². The van der Waals surface area contributed by atoms with E-state index in [9.17, 15) is 24.0 Å². The Bertz CT molecular complexity index is 1840. The van der Waals surface area contributed by atoms with Crippen molar-refractivity contribution >= 4 is 56.7 Å². The van der Waals surface area contributed by atoms with Crippen molar-refractivity contribution in [1.82, 2.24) is 9.78 Å². The van der Waals surface area contributed by atoms with E-state index in [1.807, 2.05) is 0 Å². The second kappa shape index (κ2) is 16.8. The summed E-state index contributed by atoms with van der Waals surface area (Å²) in [7, 11) is 0. The second-order valence-corrected chi connectivity index (χ2v) is 18.3. The van der Waals surface area contributed by atoms with Crippen LogP contribution in [0.2, 0.25) is 0 Å². The molecule has 1 fully saturated rings. The number of fused-ring (bicyclic) bond motifs is 1. The highest BCUT2D eigenvalue weighted by Crippen LogP contribution is 2.38. The Morgan fingerprint density at radius 2 is 1.20 bits per heavy atom. The average molecular weight is 844 g/mol. The van der Waals surface area contributed by atoms with E-state index >= 15 is 0 Å². The number of rotatable bonds is 10. The van der Waals surface area contributed by atoms with Crippen molar-refractivity contribution in [3.8, 4) is 5.88 Å². The van der Waals surface area contributed by atoms with Gasteiger partial charge in [0.2, 0.25) is 18.3 Å². The van der Waals surface area contributed by atoms with E-state index in [4.69, 9.17) is 38.6 Å². The number of carbonyl (C=O) groups is 5. The first-order chi connectivity index (χ1) is 27.2. The number of nitrogens with zero attached hydrogens (tertiary/aromatic N) is 2. The number of esters is 5. The molecule has 308 valence electrons. The number of aromatic nitrogens is 2. The molecule has 1 aromatic heterocycles. The Kier molecular flexibility index (Phi) is 12.1. The molecule has 0 radical (unpaired) electrons. The van der Waals surface area contributed by atoms with Gasteiger partial charge < -0.3 is 33.2 Å². The molecule has 55 heavy (non-hydrogen) atoms. The van der Waals surface area contributed by atoms with Crippen molar-refractivity contribution in [2.24, 2.45) is 27.1 Å². The molecule has 15 heteroatoms. The van der Waals surface area contributed by atoms with Crippen LogP contribution in [-0.2, 0) is 58.9 Å². The van der Waals surface area contributed by atoms with Crippen molar-refractivity contribution in [2.75, 3.05) is 13.2 Å². The molecule has 0 spiro atoms. The standard InChI is InChI=1S/C40H59BrN2O12/c1-36(2,3)31(44)49-20-19-43-23-18-16-17-22(41)25(23)29(42-43)55-30-28(54-35(48)40(13,14)15)27(53-34(47)39(10,11)12)26(52-33(46)38(7,8)9)24(51-30)21-50-32(45)37(4,5)6/h16-18,24,26-28,30H,19-21H2,1-15H3/t24-,26-,27+,28-,30?/m1/s1/i4D,7D,10D,13D. The van der Waals surface area contributed by atoms with Crippen LogP contribution in [-0.4, -0.2) is 83.5 Å². The summed E-state index contributed by atoms with van der Waals surface area (Å²) in [5.41, 5.74) is -5.69. The van der Waals surface area contributed by atoms with E-state index < -0.39 is 115 Å². The minimum atomic E-state index is -1.75. The summed E-state index contributed by atoms with van der Waals surface area (Å²) in [5.74, 6) is -4.06. The lowest BCUT2D eigenvalue weighted by Gasteiger charge is -2.45. The highest BCUT2D eigenvalue weighted by atomic mass is 79.9. The van der Waals surface area contributed by atoms with Crippen LogP contribution in [0.4, 0.5) is 0 Å². The summed E-state index contributed by atoms with van der Waals surface area (Å²) < 4.78 is 76.0. The molecule has 1 saturated heterocycles. The molecule has 14 nitrogen and oxygen atoms in total.